The molecule has 2 aromatic heterocycles. The van der Waals surface area contributed by atoms with Gasteiger partial charge in [0.1, 0.15) is 10.9 Å². The fourth-order valence-electron chi connectivity index (χ4n) is 3.07. The number of aromatic nitrogens is 3. The molecule has 3 heterocycles. The van der Waals surface area contributed by atoms with Crippen LogP contribution in [-0.4, -0.2) is 33.4 Å². The molecule has 0 radical (unpaired) electrons. The standard InChI is InChI=1S/C21H16N4O3S/c26-19(23-13-7-8-17-18(10-13)28-12-27-17)11-29-21-14(4-3-9-22-21)20-24-15-5-1-2-6-16(15)25-20/h1-10H,11-12H2,(H,23,26)(H,24,25). The number of nitrogens with one attached hydrogen (secondary N) is 2. The summed E-state index contributed by atoms with van der Waals surface area (Å²) in [6.45, 7) is 0.201. The van der Waals surface area contributed by atoms with Crippen LogP contribution in [0.1, 0.15) is 0 Å². The summed E-state index contributed by atoms with van der Waals surface area (Å²) < 4.78 is 10.6. The predicted molar refractivity (Wildman–Crippen MR) is 111 cm³/mol. The van der Waals surface area contributed by atoms with Gasteiger partial charge in [0.15, 0.2) is 11.5 Å². The molecule has 144 valence electrons. The zero-order valence-electron chi connectivity index (χ0n) is 15.2. The van der Waals surface area contributed by atoms with Crippen LogP contribution in [-0.2, 0) is 4.79 Å². The summed E-state index contributed by atoms with van der Waals surface area (Å²) in [6, 6.07) is 17.0. The molecule has 0 saturated carbocycles. The van der Waals surface area contributed by atoms with E-state index in [0.717, 1.165) is 27.4 Å². The number of fused-ring (bicyclic) bond motifs is 2. The third kappa shape index (κ3) is 3.62. The second-order valence-electron chi connectivity index (χ2n) is 6.36. The molecule has 0 bridgehead atoms. The van der Waals surface area contributed by atoms with E-state index in [4.69, 9.17) is 9.47 Å². The van der Waals surface area contributed by atoms with Crippen LogP contribution in [0.4, 0.5) is 5.69 Å². The molecule has 0 aliphatic carbocycles. The number of amides is 1. The minimum absolute atomic E-state index is 0.130. The number of ether oxygens (including phenoxy) is 2. The number of carbonyl (C=O) groups excluding carboxylic acids is 1. The number of benzene rings is 2. The van der Waals surface area contributed by atoms with E-state index >= 15 is 0 Å². The van der Waals surface area contributed by atoms with Crippen molar-refractivity contribution in [1.29, 1.82) is 0 Å². The van der Waals surface area contributed by atoms with Crippen LogP contribution in [0.3, 0.4) is 0 Å². The summed E-state index contributed by atoms with van der Waals surface area (Å²) in [5, 5.41) is 3.62. The molecule has 29 heavy (non-hydrogen) atoms. The van der Waals surface area contributed by atoms with Gasteiger partial charge in [0.25, 0.3) is 0 Å². The highest BCUT2D eigenvalue weighted by atomic mass is 32.2. The van der Waals surface area contributed by atoms with Gasteiger partial charge in [0.2, 0.25) is 12.7 Å². The molecule has 8 heteroatoms. The van der Waals surface area contributed by atoms with Gasteiger partial charge in [-0.1, -0.05) is 23.9 Å². The first-order valence-corrected chi connectivity index (χ1v) is 9.97. The lowest BCUT2D eigenvalue weighted by Crippen LogP contribution is -2.14. The number of carbonyl (C=O) groups is 1. The van der Waals surface area contributed by atoms with Crippen molar-refractivity contribution in [2.75, 3.05) is 17.9 Å². The molecule has 1 aliphatic heterocycles. The lowest BCUT2D eigenvalue weighted by molar-refractivity contribution is -0.113. The van der Waals surface area contributed by atoms with Crippen molar-refractivity contribution in [3.63, 3.8) is 0 Å². The van der Waals surface area contributed by atoms with Gasteiger partial charge in [-0.25, -0.2) is 9.97 Å². The van der Waals surface area contributed by atoms with Crippen LogP contribution in [0.25, 0.3) is 22.4 Å². The Balaban J connectivity index is 1.30. The molecule has 0 spiro atoms. The van der Waals surface area contributed by atoms with E-state index in [0.29, 0.717) is 17.2 Å². The van der Waals surface area contributed by atoms with Crippen molar-refractivity contribution in [3.05, 3.63) is 60.8 Å². The highest BCUT2D eigenvalue weighted by molar-refractivity contribution is 8.00. The number of nitrogens with zero attached hydrogens (tertiary/aromatic N) is 2. The maximum atomic E-state index is 12.4. The molecule has 0 atom stereocenters. The van der Waals surface area contributed by atoms with Crippen molar-refractivity contribution in [2.24, 2.45) is 0 Å². The van der Waals surface area contributed by atoms with Crippen LogP contribution in [0.15, 0.2) is 65.8 Å². The Morgan fingerprint density at radius 1 is 1.10 bits per heavy atom. The Morgan fingerprint density at radius 2 is 2.00 bits per heavy atom. The first-order valence-electron chi connectivity index (χ1n) is 8.99. The highest BCUT2D eigenvalue weighted by Crippen LogP contribution is 2.34. The molecule has 0 fully saturated rings. The second kappa shape index (κ2) is 7.48. The van der Waals surface area contributed by atoms with Crippen LogP contribution in [0, 0.1) is 0 Å². The summed E-state index contributed by atoms with van der Waals surface area (Å²) in [7, 11) is 0. The van der Waals surface area contributed by atoms with Crippen LogP contribution >= 0.6 is 11.8 Å². The van der Waals surface area contributed by atoms with Crippen LogP contribution in [0.2, 0.25) is 0 Å². The van der Waals surface area contributed by atoms with Gasteiger partial charge < -0.3 is 19.8 Å². The predicted octanol–water partition coefficient (Wildman–Crippen LogP) is 4.08. The molecule has 0 unspecified atom stereocenters. The fourth-order valence-corrected chi connectivity index (χ4v) is 3.87. The lowest BCUT2D eigenvalue weighted by atomic mass is 10.3. The first-order chi connectivity index (χ1) is 14.3. The van der Waals surface area contributed by atoms with Gasteiger partial charge in [-0.2, -0.15) is 0 Å². The van der Waals surface area contributed by atoms with Crippen molar-refractivity contribution < 1.29 is 14.3 Å². The Labute approximate surface area is 170 Å². The number of H-pyrrole nitrogens is 1. The van der Waals surface area contributed by atoms with Crippen molar-refractivity contribution >= 4 is 34.4 Å². The molecule has 0 saturated heterocycles. The van der Waals surface area contributed by atoms with Gasteiger partial charge in [-0.05, 0) is 36.4 Å². The third-order valence-electron chi connectivity index (χ3n) is 4.41. The number of aromatic amines is 1. The Morgan fingerprint density at radius 3 is 2.93 bits per heavy atom. The Hall–Kier alpha value is -3.52. The summed E-state index contributed by atoms with van der Waals surface area (Å²) in [4.78, 5) is 24.8. The van der Waals surface area contributed by atoms with E-state index in [-0.39, 0.29) is 18.5 Å². The number of pyridine rings is 1. The summed E-state index contributed by atoms with van der Waals surface area (Å²) in [5.74, 6) is 2.14. The summed E-state index contributed by atoms with van der Waals surface area (Å²) >= 11 is 1.37. The Bertz CT molecular complexity index is 1170. The summed E-state index contributed by atoms with van der Waals surface area (Å²) in [6.07, 6.45) is 1.71. The lowest BCUT2D eigenvalue weighted by Gasteiger charge is -2.08. The molecule has 7 nitrogen and oxygen atoms in total. The van der Waals surface area contributed by atoms with Crippen molar-refractivity contribution in [3.8, 4) is 22.9 Å². The van der Waals surface area contributed by atoms with Crippen molar-refractivity contribution in [1.82, 2.24) is 15.0 Å². The molecular formula is C21H16N4O3S. The molecule has 1 aliphatic rings. The van der Waals surface area contributed by atoms with E-state index in [1.807, 2.05) is 36.4 Å². The van der Waals surface area contributed by atoms with E-state index in [1.165, 1.54) is 11.8 Å². The number of thioether (sulfide) groups is 1. The summed E-state index contributed by atoms with van der Waals surface area (Å²) in [5.41, 5.74) is 3.38. The first kappa shape index (κ1) is 17.6. The van der Waals surface area contributed by atoms with E-state index in [9.17, 15) is 4.79 Å². The molecule has 5 rings (SSSR count). The second-order valence-corrected chi connectivity index (χ2v) is 7.33. The Kier molecular flexibility index (Phi) is 4.53. The number of hydrogen-bond acceptors (Lipinski definition) is 6. The number of rotatable bonds is 5. The molecule has 1 amide bonds. The van der Waals surface area contributed by atoms with Gasteiger partial charge in [0, 0.05) is 23.5 Å². The van der Waals surface area contributed by atoms with E-state index in [2.05, 4.69) is 20.3 Å². The average Bonchev–Trinajstić information content (AvgIpc) is 3.38. The molecular weight excluding hydrogens is 388 g/mol. The van der Waals surface area contributed by atoms with E-state index in [1.54, 1.807) is 24.4 Å². The maximum absolute atomic E-state index is 12.4. The smallest absolute Gasteiger partial charge is 0.234 e. The zero-order chi connectivity index (χ0) is 19.6. The van der Waals surface area contributed by atoms with Crippen LogP contribution in [0.5, 0.6) is 11.5 Å². The van der Waals surface area contributed by atoms with E-state index < -0.39 is 0 Å². The van der Waals surface area contributed by atoms with Crippen LogP contribution < -0.4 is 14.8 Å². The normalized spacial score (nSPS) is 12.3. The highest BCUT2D eigenvalue weighted by Gasteiger charge is 2.16. The van der Waals surface area contributed by atoms with Gasteiger partial charge >= 0.3 is 0 Å². The average molecular weight is 404 g/mol. The fraction of sp³-hybridized carbons (Fsp3) is 0.0952. The minimum Gasteiger partial charge on any atom is -0.454 e. The van der Waals surface area contributed by atoms with Gasteiger partial charge in [-0.15, -0.1) is 0 Å². The largest absolute Gasteiger partial charge is 0.454 e. The molecule has 4 aromatic rings. The maximum Gasteiger partial charge on any atom is 0.234 e. The quantitative estimate of drug-likeness (QED) is 0.487. The number of imidazole rings is 1. The molecule has 2 N–H and O–H groups in total. The monoisotopic (exact) mass is 404 g/mol. The number of para-hydroxylation sites is 2. The van der Waals surface area contributed by atoms with Crippen molar-refractivity contribution in [2.45, 2.75) is 5.03 Å². The van der Waals surface area contributed by atoms with Gasteiger partial charge in [-0.3, -0.25) is 4.79 Å². The SMILES string of the molecule is O=C(CSc1ncccc1-c1nc2ccccc2[nH]1)Nc1ccc2c(c1)OCO2. The minimum atomic E-state index is -0.130. The van der Waals surface area contributed by atoms with Gasteiger partial charge in [0.05, 0.1) is 16.8 Å². The number of hydrogen-bond donors (Lipinski definition) is 2. The third-order valence-corrected chi connectivity index (χ3v) is 5.42. The zero-order valence-corrected chi connectivity index (χ0v) is 16.0. The molecule has 2 aromatic carbocycles. The number of anilines is 1. The topological polar surface area (TPSA) is 89.1 Å².